The second-order valence-electron chi connectivity index (χ2n) is 11.2. The molecular formula is C32H37N7O2. The third-order valence-corrected chi connectivity index (χ3v) is 8.77. The Bertz CT molecular complexity index is 1480. The van der Waals surface area contributed by atoms with Gasteiger partial charge in [-0.2, -0.15) is 15.2 Å². The Balaban J connectivity index is 1.33. The maximum Gasteiger partial charge on any atom is 0.318 e. The predicted octanol–water partition coefficient (Wildman–Crippen LogP) is 3.78. The zero-order chi connectivity index (χ0) is 28.3. The van der Waals surface area contributed by atoms with Crippen molar-refractivity contribution in [3.05, 3.63) is 66.4 Å². The highest BCUT2D eigenvalue weighted by molar-refractivity contribution is 5.94. The molecule has 1 aromatic heterocycles. The van der Waals surface area contributed by atoms with Crippen LogP contribution < -0.4 is 14.5 Å². The lowest BCUT2D eigenvalue weighted by Crippen LogP contribution is -2.55. The van der Waals surface area contributed by atoms with Gasteiger partial charge in [-0.25, -0.2) is 0 Å². The molecule has 3 aliphatic heterocycles. The number of aromatic nitrogens is 2. The number of anilines is 2. The molecule has 2 aromatic carbocycles. The topological polar surface area (TPSA) is 88.8 Å². The number of carbonyl (C=O) groups is 1. The minimum atomic E-state index is -0.225. The molecule has 0 aliphatic carbocycles. The Morgan fingerprint density at radius 1 is 1.10 bits per heavy atom. The highest BCUT2D eigenvalue weighted by atomic mass is 16.5. The van der Waals surface area contributed by atoms with Crippen molar-refractivity contribution in [1.29, 1.82) is 5.26 Å². The Morgan fingerprint density at radius 2 is 1.95 bits per heavy atom. The van der Waals surface area contributed by atoms with Crippen molar-refractivity contribution >= 4 is 28.2 Å². The summed E-state index contributed by atoms with van der Waals surface area (Å²) in [5.74, 6) is 0.737. The van der Waals surface area contributed by atoms with E-state index < -0.39 is 0 Å². The van der Waals surface area contributed by atoms with Crippen molar-refractivity contribution in [3.8, 4) is 12.1 Å². The van der Waals surface area contributed by atoms with Crippen molar-refractivity contribution in [1.82, 2.24) is 19.8 Å². The Morgan fingerprint density at radius 3 is 2.76 bits per heavy atom. The molecule has 41 heavy (non-hydrogen) atoms. The molecule has 1 amide bonds. The summed E-state index contributed by atoms with van der Waals surface area (Å²) in [5, 5.41) is 12.0. The number of piperazine rings is 1. The third-order valence-electron chi connectivity index (χ3n) is 8.77. The molecule has 2 atom stereocenters. The summed E-state index contributed by atoms with van der Waals surface area (Å²) >= 11 is 0. The average molecular weight is 552 g/mol. The molecule has 0 saturated carbocycles. The van der Waals surface area contributed by atoms with E-state index in [1.54, 1.807) is 4.90 Å². The molecule has 0 bridgehead atoms. The van der Waals surface area contributed by atoms with Gasteiger partial charge in [0.1, 0.15) is 12.4 Å². The second kappa shape index (κ2) is 11.8. The number of benzene rings is 2. The first kappa shape index (κ1) is 27.0. The normalized spacial score (nSPS) is 21.0. The van der Waals surface area contributed by atoms with Crippen LogP contribution in [-0.2, 0) is 17.8 Å². The quantitative estimate of drug-likeness (QED) is 0.410. The van der Waals surface area contributed by atoms with E-state index >= 15 is 0 Å². The first-order valence-electron chi connectivity index (χ1n) is 14.6. The van der Waals surface area contributed by atoms with Gasteiger partial charge >= 0.3 is 6.01 Å². The number of fused-ring (bicyclic) bond motifs is 2. The predicted molar refractivity (Wildman–Crippen MR) is 160 cm³/mol. The van der Waals surface area contributed by atoms with Crippen LogP contribution in [0.25, 0.3) is 10.8 Å². The summed E-state index contributed by atoms with van der Waals surface area (Å²) in [4.78, 5) is 31.2. The summed E-state index contributed by atoms with van der Waals surface area (Å²) in [6.45, 7) is 8.48. The van der Waals surface area contributed by atoms with Crippen molar-refractivity contribution in [2.75, 3.05) is 56.2 Å². The van der Waals surface area contributed by atoms with Crippen molar-refractivity contribution in [2.45, 2.75) is 44.3 Å². The average Bonchev–Trinajstić information content (AvgIpc) is 3.43. The number of hydrogen-bond acceptors (Lipinski definition) is 8. The van der Waals surface area contributed by atoms with Crippen LogP contribution in [0.2, 0.25) is 0 Å². The van der Waals surface area contributed by atoms with E-state index in [9.17, 15) is 10.1 Å². The number of nitriles is 1. The van der Waals surface area contributed by atoms with Gasteiger partial charge in [0.25, 0.3) is 0 Å². The van der Waals surface area contributed by atoms with E-state index in [1.165, 1.54) is 29.0 Å². The fraction of sp³-hybridized carbons (Fsp3) is 0.438. The molecule has 6 rings (SSSR count). The van der Waals surface area contributed by atoms with Crippen molar-refractivity contribution in [2.24, 2.45) is 0 Å². The first-order chi connectivity index (χ1) is 20.1. The zero-order valence-electron chi connectivity index (χ0n) is 23.7. The maximum absolute atomic E-state index is 12.5. The van der Waals surface area contributed by atoms with E-state index in [2.05, 4.69) is 76.9 Å². The SMILES string of the molecule is C=CC(=O)N1CCN(c2nc(OC[C@H]3CCCN3C)nc3c2CCN(c2cccc4ccccc24)C3)CC1CC#N. The van der Waals surface area contributed by atoms with Gasteiger partial charge in [0.15, 0.2) is 0 Å². The van der Waals surface area contributed by atoms with Crippen LogP contribution in [-0.4, -0.2) is 84.1 Å². The van der Waals surface area contributed by atoms with Crippen LogP contribution in [0.15, 0.2) is 55.1 Å². The molecule has 0 N–H and O–H groups in total. The lowest BCUT2D eigenvalue weighted by atomic mass is 10.0. The zero-order valence-corrected chi connectivity index (χ0v) is 23.7. The van der Waals surface area contributed by atoms with Crippen molar-refractivity contribution < 1.29 is 9.53 Å². The largest absolute Gasteiger partial charge is 0.462 e. The highest BCUT2D eigenvalue weighted by Crippen LogP contribution is 2.35. The highest BCUT2D eigenvalue weighted by Gasteiger charge is 2.33. The van der Waals surface area contributed by atoms with Gasteiger partial charge in [-0.1, -0.05) is 43.0 Å². The fourth-order valence-corrected chi connectivity index (χ4v) is 6.50. The van der Waals surface area contributed by atoms with Gasteiger partial charge in [-0.3, -0.25) is 4.79 Å². The number of likely N-dealkylation sites (tertiary alicyclic amines) is 1. The van der Waals surface area contributed by atoms with Crippen LogP contribution in [0.4, 0.5) is 11.5 Å². The number of ether oxygens (including phenoxy) is 1. The summed E-state index contributed by atoms with van der Waals surface area (Å²) in [6.07, 6.45) is 4.68. The molecule has 2 fully saturated rings. The summed E-state index contributed by atoms with van der Waals surface area (Å²) in [7, 11) is 2.14. The Kier molecular flexibility index (Phi) is 7.75. The first-order valence-corrected chi connectivity index (χ1v) is 14.6. The fourth-order valence-electron chi connectivity index (χ4n) is 6.50. The number of rotatable bonds is 7. The van der Waals surface area contributed by atoms with E-state index in [0.29, 0.717) is 44.8 Å². The molecule has 4 heterocycles. The van der Waals surface area contributed by atoms with Crippen LogP contribution >= 0.6 is 0 Å². The van der Waals surface area contributed by atoms with Crippen LogP contribution in [0.1, 0.15) is 30.5 Å². The number of carbonyl (C=O) groups excluding carboxylic acids is 1. The number of amides is 1. The lowest BCUT2D eigenvalue weighted by Gasteiger charge is -2.42. The minimum absolute atomic E-state index is 0.134. The van der Waals surface area contributed by atoms with Gasteiger partial charge < -0.3 is 24.3 Å². The summed E-state index contributed by atoms with van der Waals surface area (Å²) in [6, 6.07) is 17.7. The molecule has 1 unspecified atom stereocenters. The monoisotopic (exact) mass is 551 g/mol. The van der Waals surface area contributed by atoms with E-state index in [0.717, 1.165) is 43.0 Å². The summed E-state index contributed by atoms with van der Waals surface area (Å²) < 4.78 is 6.28. The molecule has 0 radical (unpaired) electrons. The third kappa shape index (κ3) is 5.44. The molecule has 2 saturated heterocycles. The lowest BCUT2D eigenvalue weighted by molar-refractivity contribution is -0.128. The number of nitrogens with zero attached hydrogens (tertiary/aromatic N) is 7. The van der Waals surface area contributed by atoms with E-state index in [1.807, 2.05) is 0 Å². The van der Waals surface area contributed by atoms with Gasteiger partial charge in [0.05, 0.1) is 30.8 Å². The van der Waals surface area contributed by atoms with Gasteiger partial charge in [0, 0.05) is 48.9 Å². The Hall–Kier alpha value is -4.16. The molecule has 3 aliphatic rings. The van der Waals surface area contributed by atoms with E-state index in [-0.39, 0.29) is 18.4 Å². The van der Waals surface area contributed by atoms with Crippen molar-refractivity contribution in [3.63, 3.8) is 0 Å². The van der Waals surface area contributed by atoms with Crippen LogP contribution in [0.5, 0.6) is 6.01 Å². The molecule has 212 valence electrons. The molecular weight excluding hydrogens is 514 g/mol. The van der Waals surface area contributed by atoms with E-state index in [4.69, 9.17) is 14.7 Å². The molecule has 3 aromatic rings. The smallest absolute Gasteiger partial charge is 0.318 e. The van der Waals surface area contributed by atoms with Crippen LogP contribution in [0.3, 0.4) is 0 Å². The maximum atomic E-state index is 12.5. The molecule has 9 heteroatoms. The molecule has 0 spiro atoms. The summed E-state index contributed by atoms with van der Waals surface area (Å²) in [5.41, 5.74) is 3.31. The van der Waals surface area contributed by atoms with Gasteiger partial charge in [0.2, 0.25) is 5.91 Å². The Labute approximate surface area is 241 Å². The number of likely N-dealkylation sites (N-methyl/N-ethyl adjacent to an activating group) is 1. The minimum Gasteiger partial charge on any atom is -0.462 e. The van der Waals surface area contributed by atoms with Crippen LogP contribution in [0, 0.1) is 11.3 Å². The van der Waals surface area contributed by atoms with Gasteiger partial charge in [-0.15, -0.1) is 0 Å². The van der Waals surface area contributed by atoms with Gasteiger partial charge in [-0.05, 0) is 50.4 Å². The second-order valence-corrected chi connectivity index (χ2v) is 11.2. The standard InChI is InChI=1S/C32H37N7O2/c1-3-30(40)39-19-18-38(20-24(39)13-15-33)31-27-14-17-37(29-12-6-9-23-8-4-5-11-26(23)29)21-28(27)34-32(35-31)41-22-25-10-7-16-36(25)2/h3-6,8-9,11-12,24-25H,1,7,10,13-14,16-22H2,2H3/t24?,25-/m1/s1. The molecule has 9 nitrogen and oxygen atoms in total. The number of hydrogen-bond donors (Lipinski definition) is 0.